The Morgan fingerprint density at radius 2 is 2.29 bits per heavy atom. The lowest BCUT2D eigenvalue weighted by molar-refractivity contribution is 0.769. The number of rotatable bonds is 3. The highest BCUT2D eigenvalue weighted by atomic mass is 79.9. The molecule has 2 N–H and O–H groups in total. The summed E-state index contributed by atoms with van der Waals surface area (Å²) in [6.07, 6.45) is 5.33. The number of aromatic nitrogens is 4. The lowest BCUT2D eigenvalue weighted by atomic mass is 10.3. The Bertz CT molecular complexity index is 438. The second kappa shape index (κ2) is 4.02. The molecular formula is C8H10BrN5. The van der Waals surface area contributed by atoms with Gasteiger partial charge >= 0.3 is 0 Å². The molecule has 0 spiro atoms. The largest absolute Gasteiger partial charge is 0.330 e. The predicted molar refractivity (Wildman–Crippen MR) is 55.9 cm³/mol. The Hall–Kier alpha value is -1.01. The third-order valence-corrected chi connectivity index (χ3v) is 2.52. The molecule has 5 nitrogen and oxygen atoms in total. The molecule has 0 radical (unpaired) electrons. The van der Waals surface area contributed by atoms with Gasteiger partial charge < -0.3 is 5.73 Å². The van der Waals surface area contributed by atoms with Crippen LogP contribution in [0.15, 0.2) is 17.0 Å². The summed E-state index contributed by atoms with van der Waals surface area (Å²) in [7, 11) is 0. The van der Waals surface area contributed by atoms with Gasteiger partial charge in [0, 0.05) is 18.8 Å². The van der Waals surface area contributed by atoms with Gasteiger partial charge in [-0.3, -0.25) is 4.40 Å². The van der Waals surface area contributed by atoms with Gasteiger partial charge in [-0.05, 0) is 28.9 Å². The molecule has 0 aromatic carbocycles. The van der Waals surface area contributed by atoms with E-state index >= 15 is 0 Å². The third kappa shape index (κ3) is 1.62. The molecule has 0 amide bonds. The first-order valence-electron chi connectivity index (χ1n) is 4.37. The van der Waals surface area contributed by atoms with Crippen LogP contribution in [0.5, 0.6) is 0 Å². The Morgan fingerprint density at radius 1 is 1.43 bits per heavy atom. The van der Waals surface area contributed by atoms with E-state index in [1.807, 2.05) is 10.6 Å². The monoisotopic (exact) mass is 255 g/mol. The second-order valence-electron chi connectivity index (χ2n) is 2.92. The van der Waals surface area contributed by atoms with E-state index in [-0.39, 0.29) is 0 Å². The minimum absolute atomic E-state index is 0.668. The first kappa shape index (κ1) is 9.54. The van der Waals surface area contributed by atoms with Crippen molar-refractivity contribution in [1.82, 2.24) is 19.6 Å². The summed E-state index contributed by atoms with van der Waals surface area (Å²) in [6.45, 7) is 0.668. The molecule has 2 aromatic heterocycles. The molecule has 2 heterocycles. The van der Waals surface area contributed by atoms with Crippen LogP contribution in [0.2, 0.25) is 0 Å². The molecule has 2 rings (SSSR count). The standard InChI is InChI=1S/C8H10BrN5/c9-7-8-13-12-6(2-1-3-10)14(8)5-4-11-7/h4-5H,1-3,10H2. The Labute approximate surface area is 89.5 Å². The lowest BCUT2D eigenvalue weighted by Gasteiger charge is -1.98. The van der Waals surface area contributed by atoms with E-state index in [4.69, 9.17) is 5.73 Å². The molecule has 2 aromatic rings. The summed E-state index contributed by atoms with van der Waals surface area (Å²) in [6, 6.07) is 0. The molecule has 14 heavy (non-hydrogen) atoms. The first-order chi connectivity index (χ1) is 6.83. The van der Waals surface area contributed by atoms with Crippen LogP contribution in [-0.2, 0) is 6.42 Å². The summed E-state index contributed by atoms with van der Waals surface area (Å²) in [5, 5.41) is 8.11. The normalized spacial score (nSPS) is 11.0. The summed E-state index contributed by atoms with van der Waals surface area (Å²) in [4.78, 5) is 4.07. The number of aryl methyl sites for hydroxylation is 1. The SMILES string of the molecule is NCCCc1nnc2c(Br)nccn12. The van der Waals surface area contributed by atoms with Crippen molar-refractivity contribution < 1.29 is 0 Å². The van der Waals surface area contributed by atoms with Crippen LogP contribution in [0.3, 0.4) is 0 Å². The van der Waals surface area contributed by atoms with Crippen molar-refractivity contribution in [1.29, 1.82) is 0 Å². The van der Waals surface area contributed by atoms with Crippen LogP contribution >= 0.6 is 15.9 Å². The van der Waals surface area contributed by atoms with Crippen molar-refractivity contribution in [3.63, 3.8) is 0 Å². The van der Waals surface area contributed by atoms with E-state index in [9.17, 15) is 0 Å². The lowest BCUT2D eigenvalue weighted by Crippen LogP contribution is -2.03. The third-order valence-electron chi connectivity index (χ3n) is 1.96. The fraction of sp³-hybridized carbons (Fsp3) is 0.375. The highest BCUT2D eigenvalue weighted by Gasteiger charge is 2.07. The number of halogens is 1. The second-order valence-corrected chi connectivity index (χ2v) is 3.67. The molecule has 0 aliphatic carbocycles. The Balaban J connectivity index is 2.42. The van der Waals surface area contributed by atoms with Gasteiger partial charge in [-0.15, -0.1) is 10.2 Å². The molecule has 74 valence electrons. The van der Waals surface area contributed by atoms with Crippen LogP contribution in [0.25, 0.3) is 5.65 Å². The van der Waals surface area contributed by atoms with Gasteiger partial charge in [-0.2, -0.15) is 0 Å². The smallest absolute Gasteiger partial charge is 0.193 e. The van der Waals surface area contributed by atoms with E-state index in [2.05, 4.69) is 31.1 Å². The van der Waals surface area contributed by atoms with E-state index in [0.29, 0.717) is 11.1 Å². The van der Waals surface area contributed by atoms with Crippen LogP contribution in [0, 0.1) is 0 Å². The van der Waals surface area contributed by atoms with Crippen molar-refractivity contribution in [2.24, 2.45) is 5.73 Å². The zero-order chi connectivity index (χ0) is 9.97. The molecule has 0 atom stereocenters. The topological polar surface area (TPSA) is 69.1 Å². The average molecular weight is 256 g/mol. The van der Waals surface area contributed by atoms with Crippen molar-refractivity contribution >= 4 is 21.6 Å². The molecule has 0 saturated heterocycles. The van der Waals surface area contributed by atoms with E-state index in [1.54, 1.807) is 6.20 Å². The van der Waals surface area contributed by atoms with Crippen molar-refractivity contribution in [2.75, 3.05) is 6.54 Å². The molecule has 0 unspecified atom stereocenters. The number of hydrogen-bond donors (Lipinski definition) is 1. The fourth-order valence-electron chi connectivity index (χ4n) is 1.27. The minimum Gasteiger partial charge on any atom is -0.330 e. The number of fused-ring (bicyclic) bond motifs is 1. The zero-order valence-corrected chi connectivity index (χ0v) is 9.11. The van der Waals surface area contributed by atoms with Crippen LogP contribution < -0.4 is 5.73 Å². The summed E-state index contributed by atoms with van der Waals surface area (Å²) in [5.74, 6) is 0.925. The maximum Gasteiger partial charge on any atom is 0.193 e. The van der Waals surface area contributed by atoms with Gasteiger partial charge in [0.15, 0.2) is 10.3 Å². The van der Waals surface area contributed by atoms with Crippen LogP contribution in [-0.4, -0.2) is 26.1 Å². The Kier molecular flexibility index (Phi) is 2.74. The zero-order valence-electron chi connectivity index (χ0n) is 7.52. The van der Waals surface area contributed by atoms with Gasteiger partial charge in [-0.25, -0.2) is 4.98 Å². The van der Waals surface area contributed by atoms with Crippen LogP contribution in [0.1, 0.15) is 12.2 Å². The molecule has 6 heteroatoms. The van der Waals surface area contributed by atoms with E-state index in [1.165, 1.54) is 0 Å². The van der Waals surface area contributed by atoms with Gasteiger partial charge in [-0.1, -0.05) is 0 Å². The van der Waals surface area contributed by atoms with Gasteiger partial charge in [0.05, 0.1) is 0 Å². The number of nitrogens with two attached hydrogens (primary N) is 1. The van der Waals surface area contributed by atoms with Crippen molar-refractivity contribution in [2.45, 2.75) is 12.8 Å². The maximum absolute atomic E-state index is 5.44. The van der Waals surface area contributed by atoms with Crippen molar-refractivity contribution in [3.05, 3.63) is 22.8 Å². The highest BCUT2D eigenvalue weighted by molar-refractivity contribution is 9.10. The predicted octanol–water partition coefficient (Wildman–Crippen LogP) is 0.778. The molecule has 0 bridgehead atoms. The molecule has 0 fully saturated rings. The first-order valence-corrected chi connectivity index (χ1v) is 5.16. The Morgan fingerprint density at radius 3 is 3.07 bits per heavy atom. The van der Waals surface area contributed by atoms with Crippen molar-refractivity contribution in [3.8, 4) is 0 Å². The van der Waals surface area contributed by atoms with Gasteiger partial charge in [0.25, 0.3) is 0 Å². The molecular weight excluding hydrogens is 246 g/mol. The number of hydrogen-bond acceptors (Lipinski definition) is 4. The fourth-order valence-corrected chi connectivity index (χ4v) is 1.66. The number of nitrogens with zero attached hydrogens (tertiary/aromatic N) is 4. The highest BCUT2D eigenvalue weighted by Crippen LogP contribution is 2.13. The average Bonchev–Trinajstić information content (AvgIpc) is 2.60. The summed E-state index contributed by atoms with van der Waals surface area (Å²) >= 11 is 3.32. The quantitative estimate of drug-likeness (QED) is 0.880. The molecule has 0 saturated carbocycles. The van der Waals surface area contributed by atoms with Gasteiger partial charge in [0.1, 0.15) is 5.82 Å². The summed E-state index contributed by atoms with van der Waals surface area (Å²) < 4.78 is 2.64. The molecule has 0 aliphatic rings. The minimum atomic E-state index is 0.668. The van der Waals surface area contributed by atoms with E-state index < -0.39 is 0 Å². The summed E-state index contributed by atoms with van der Waals surface area (Å²) in [5.41, 5.74) is 6.19. The van der Waals surface area contributed by atoms with Crippen LogP contribution in [0.4, 0.5) is 0 Å². The molecule has 0 aliphatic heterocycles. The maximum atomic E-state index is 5.44. The van der Waals surface area contributed by atoms with Gasteiger partial charge in [0.2, 0.25) is 0 Å². The van der Waals surface area contributed by atoms with E-state index in [0.717, 1.165) is 24.3 Å².